The number of esters is 1. The molecule has 0 atom stereocenters. The molecule has 0 saturated carbocycles. The molecule has 4 aromatic rings. The Morgan fingerprint density at radius 2 is 2.15 bits per heavy atom. The highest BCUT2D eigenvalue weighted by molar-refractivity contribution is 7.15. The minimum Gasteiger partial charge on any atom is -0.427 e. The Balaban J connectivity index is 1.75. The largest absolute Gasteiger partial charge is 0.427 e. The van der Waals surface area contributed by atoms with E-state index in [-0.39, 0.29) is 5.56 Å². The van der Waals surface area contributed by atoms with Crippen molar-refractivity contribution in [3.05, 3.63) is 69.2 Å². The summed E-state index contributed by atoms with van der Waals surface area (Å²) in [4.78, 5) is 32.6. The van der Waals surface area contributed by atoms with E-state index >= 15 is 0 Å². The first-order valence-corrected chi connectivity index (χ1v) is 8.52. The average Bonchev–Trinajstić information content (AvgIpc) is 3.16. The molecule has 1 aromatic carbocycles. The smallest absolute Gasteiger partial charge is 0.308 e. The molecule has 3 heterocycles. The number of nitrogens with zero attached hydrogens (tertiary/aromatic N) is 4. The highest BCUT2D eigenvalue weighted by Gasteiger charge is 2.12. The van der Waals surface area contributed by atoms with Crippen LogP contribution in [0.2, 0.25) is 0 Å². The first-order valence-electron chi connectivity index (χ1n) is 7.70. The van der Waals surface area contributed by atoms with Gasteiger partial charge in [0.05, 0.1) is 4.53 Å². The first-order chi connectivity index (χ1) is 12.6. The summed E-state index contributed by atoms with van der Waals surface area (Å²) < 4.78 is 6.85. The number of hydrogen-bond acceptors (Lipinski definition) is 7. The molecule has 7 nitrogen and oxygen atoms in total. The first kappa shape index (κ1) is 16.1. The molecule has 4 rings (SSSR count). The Labute approximate surface area is 151 Å². The number of rotatable bonds is 3. The Morgan fingerprint density at radius 1 is 1.27 bits per heavy atom. The van der Waals surface area contributed by atoms with E-state index in [1.807, 2.05) is 12.1 Å². The zero-order valence-corrected chi connectivity index (χ0v) is 14.4. The maximum absolute atomic E-state index is 12.6. The van der Waals surface area contributed by atoms with Gasteiger partial charge >= 0.3 is 5.97 Å². The van der Waals surface area contributed by atoms with Gasteiger partial charge < -0.3 is 4.74 Å². The van der Waals surface area contributed by atoms with Crippen LogP contribution < -0.4 is 14.8 Å². The van der Waals surface area contributed by atoms with Crippen LogP contribution in [0.1, 0.15) is 12.5 Å². The number of carbonyl (C=O) groups excluding carboxylic acids is 1. The normalized spacial score (nSPS) is 11.8. The minimum atomic E-state index is -0.395. The van der Waals surface area contributed by atoms with Gasteiger partial charge in [0.2, 0.25) is 4.96 Å². The van der Waals surface area contributed by atoms with Crippen LogP contribution in [0.25, 0.3) is 22.4 Å². The lowest BCUT2D eigenvalue weighted by Gasteiger charge is -2.01. The lowest BCUT2D eigenvalue weighted by Crippen LogP contribution is -2.23. The fourth-order valence-electron chi connectivity index (χ4n) is 2.44. The third-order valence-corrected chi connectivity index (χ3v) is 4.48. The van der Waals surface area contributed by atoms with Gasteiger partial charge in [0, 0.05) is 24.9 Å². The van der Waals surface area contributed by atoms with Crippen LogP contribution in [0.15, 0.2) is 53.6 Å². The quantitative estimate of drug-likeness (QED) is 0.406. The van der Waals surface area contributed by atoms with E-state index in [0.29, 0.717) is 21.1 Å². The molecule has 0 N–H and O–H groups in total. The predicted molar refractivity (Wildman–Crippen MR) is 96.9 cm³/mol. The van der Waals surface area contributed by atoms with E-state index in [1.54, 1.807) is 42.7 Å². The van der Waals surface area contributed by atoms with E-state index < -0.39 is 5.97 Å². The molecule has 26 heavy (non-hydrogen) atoms. The van der Waals surface area contributed by atoms with Crippen LogP contribution in [-0.2, 0) is 4.79 Å². The average molecular weight is 364 g/mol. The summed E-state index contributed by atoms with van der Waals surface area (Å²) >= 11 is 1.25. The van der Waals surface area contributed by atoms with Gasteiger partial charge in [-0.1, -0.05) is 23.5 Å². The van der Waals surface area contributed by atoms with Crippen LogP contribution in [0.3, 0.4) is 0 Å². The Morgan fingerprint density at radius 3 is 2.88 bits per heavy atom. The number of hydrogen-bond donors (Lipinski definition) is 0. The SMILES string of the molecule is CC(=O)Oc1cccc(C=c2sc3nc(-c4cccnc4)nn3c2=O)c1. The number of benzene rings is 1. The summed E-state index contributed by atoms with van der Waals surface area (Å²) in [6, 6.07) is 10.6. The third-order valence-electron chi connectivity index (χ3n) is 3.52. The molecule has 0 saturated heterocycles. The van der Waals surface area contributed by atoms with Crippen molar-refractivity contribution in [3.63, 3.8) is 0 Å². The molecule has 0 fully saturated rings. The van der Waals surface area contributed by atoms with Gasteiger partial charge in [-0.25, -0.2) is 0 Å². The summed E-state index contributed by atoms with van der Waals surface area (Å²) in [5.74, 6) is 0.496. The summed E-state index contributed by atoms with van der Waals surface area (Å²) in [7, 11) is 0. The number of pyridine rings is 1. The van der Waals surface area contributed by atoms with Crippen LogP contribution in [0.4, 0.5) is 0 Å². The van der Waals surface area contributed by atoms with Crippen molar-refractivity contribution in [2.75, 3.05) is 0 Å². The van der Waals surface area contributed by atoms with Crippen LogP contribution in [0.5, 0.6) is 5.75 Å². The molecule has 3 aromatic heterocycles. The Bertz CT molecular complexity index is 1210. The molecule has 0 aliphatic carbocycles. The van der Waals surface area contributed by atoms with Crippen molar-refractivity contribution in [1.82, 2.24) is 19.6 Å². The summed E-state index contributed by atoms with van der Waals surface area (Å²) in [6.45, 7) is 1.34. The molecular formula is C18H12N4O3S. The lowest BCUT2D eigenvalue weighted by atomic mass is 10.2. The van der Waals surface area contributed by atoms with Gasteiger partial charge in [-0.3, -0.25) is 14.6 Å². The third kappa shape index (κ3) is 3.09. The topological polar surface area (TPSA) is 86.4 Å². The van der Waals surface area contributed by atoms with E-state index in [4.69, 9.17) is 4.74 Å². The van der Waals surface area contributed by atoms with E-state index in [0.717, 1.165) is 11.1 Å². The van der Waals surface area contributed by atoms with Crippen molar-refractivity contribution in [2.24, 2.45) is 0 Å². The Kier molecular flexibility index (Phi) is 4.02. The predicted octanol–water partition coefficient (Wildman–Crippen LogP) is 1.69. The zero-order valence-electron chi connectivity index (χ0n) is 13.6. The minimum absolute atomic E-state index is 0.245. The number of thiazole rings is 1. The zero-order chi connectivity index (χ0) is 18.1. The van der Waals surface area contributed by atoms with Gasteiger partial charge in [-0.2, -0.15) is 9.50 Å². The molecule has 0 unspecified atom stereocenters. The van der Waals surface area contributed by atoms with Crippen molar-refractivity contribution in [2.45, 2.75) is 6.92 Å². The van der Waals surface area contributed by atoms with E-state index in [9.17, 15) is 9.59 Å². The van der Waals surface area contributed by atoms with Gasteiger partial charge in [0.25, 0.3) is 5.56 Å². The number of aromatic nitrogens is 4. The molecule has 0 amide bonds. The van der Waals surface area contributed by atoms with Crippen molar-refractivity contribution in [3.8, 4) is 17.1 Å². The highest BCUT2D eigenvalue weighted by atomic mass is 32.1. The standard InChI is InChI=1S/C18H12N4O3S/c1-11(23)25-14-6-2-4-12(8-14)9-15-17(24)22-18(26-15)20-16(21-22)13-5-3-7-19-10-13/h2-10H,1H3. The van der Waals surface area contributed by atoms with Crippen LogP contribution >= 0.6 is 11.3 Å². The van der Waals surface area contributed by atoms with E-state index in [1.165, 1.54) is 22.8 Å². The molecule has 0 aliphatic rings. The number of fused-ring (bicyclic) bond motifs is 1. The maximum Gasteiger partial charge on any atom is 0.308 e. The van der Waals surface area contributed by atoms with E-state index in [2.05, 4.69) is 15.1 Å². The fourth-order valence-corrected chi connectivity index (χ4v) is 3.34. The van der Waals surface area contributed by atoms with Gasteiger partial charge in [-0.15, -0.1) is 5.10 Å². The van der Waals surface area contributed by atoms with Gasteiger partial charge in [0.15, 0.2) is 5.82 Å². The second-order valence-electron chi connectivity index (χ2n) is 5.45. The molecule has 0 aliphatic heterocycles. The summed E-state index contributed by atoms with van der Waals surface area (Å²) in [5.41, 5.74) is 1.26. The molecule has 0 spiro atoms. The second kappa shape index (κ2) is 6.49. The van der Waals surface area contributed by atoms with Crippen molar-refractivity contribution < 1.29 is 9.53 Å². The monoisotopic (exact) mass is 364 g/mol. The summed E-state index contributed by atoms with van der Waals surface area (Å²) in [6.07, 6.45) is 5.04. The molecular weight excluding hydrogens is 352 g/mol. The summed E-state index contributed by atoms with van der Waals surface area (Å²) in [5, 5.41) is 4.28. The second-order valence-corrected chi connectivity index (χ2v) is 6.46. The lowest BCUT2D eigenvalue weighted by molar-refractivity contribution is -0.131. The number of ether oxygens (including phenoxy) is 1. The maximum atomic E-state index is 12.6. The number of carbonyl (C=O) groups is 1. The van der Waals surface area contributed by atoms with Crippen LogP contribution in [0, 0.1) is 0 Å². The van der Waals surface area contributed by atoms with Crippen LogP contribution in [-0.4, -0.2) is 25.6 Å². The van der Waals surface area contributed by atoms with Gasteiger partial charge in [-0.05, 0) is 35.9 Å². The Hall–Kier alpha value is -3.39. The van der Waals surface area contributed by atoms with Crippen molar-refractivity contribution >= 4 is 28.3 Å². The fraction of sp³-hybridized carbons (Fsp3) is 0.0556. The highest BCUT2D eigenvalue weighted by Crippen LogP contribution is 2.16. The molecule has 0 radical (unpaired) electrons. The molecule has 128 valence electrons. The molecule has 0 bridgehead atoms. The van der Waals surface area contributed by atoms with Gasteiger partial charge in [0.1, 0.15) is 5.75 Å². The van der Waals surface area contributed by atoms with Crippen molar-refractivity contribution in [1.29, 1.82) is 0 Å². The molecule has 8 heteroatoms.